The van der Waals surface area contributed by atoms with E-state index in [1.807, 2.05) is 5.38 Å². The molecule has 0 fully saturated rings. The molecule has 1 aromatic heterocycles. The van der Waals surface area contributed by atoms with Crippen LogP contribution in [0.3, 0.4) is 0 Å². The average Bonchev–Trinajstić information content (AvgIpc) is 2.62. The third kappa shape index (κ3) is 2.53. The van der Waals surface area contributed by atoms with Crippen molar-refractivity contribution < 1.29 is 14.3 Å². The Bertz CT molecular complexity index is 376. The van der Waals surface area contributed by atoms with Gasteiger partial charge in [-0.3, -0.25) is 4.79 Å². The summed E-state index contributed by atoms with van der Waals surface area (Å²) in [5, 5.41) is 1.81. The molecule has 1 aromatic rings. The van der Waals surface area contributed by atoms with E-state index in [1.165, 1.54) is 31.4 Å². The van der Waals surface area contributed by atoms with Gasteiger partial charge in [-0.05, 0) is 30.0 Å². The summed E-state index contributed by atoms with van der Waals surface area (Å²) in [6.45, 7) is 1.50. The van der Waals surface area contributed by atoms with Gasteiger partial charge in [-0.25, -0.2) is 4.79 Å². The molecule has 0 aliphatic carbocycles. The quantitative estimate of drug-likeness (QED) is 0.436. The molecule has 0 radical (unpaired) electrons. The van der Waals surface area contributed by atoms with Crippen LogP contribution in [0.5, 0.6) is 0 Å². The smallest absolute Gasteiger partial charge is 0.330 e. The summed E-state index contributed by atoms with van der Waals surface area (Å²) in [5.41, 5.74) is 0.757. The Morgan fingerprint density at radius 1 is 1.50 bits per heavy atom. The van der Waals surface area contributed by atoms with Crippen LogP contribution in [0.25, 0.3) is 6.08 Å². The van der Waals surface area contributed by atoms with Crippen molar-refractivity contribution in [2.75, 3.05) is 7.11 Å². The van der Waals surface area contributed by atoms with Crippen molar-refractivity contribution >= 4 is 29.2 Å². The molecular weight excluding hydrogens is 200 g/mol. The van der Waals surface area contributed by atoms with Crippen molar-refractivity contribution in [2.45, 2.75) is 6.92 Å². The van der Waals surface area contributed by atoms with E-state index in [2.05, 4.69) is 4.74 Å². The Hall–Kier alpha value is -1.42. The predicted molar refractivity (Wildman–Crippen MR) is 55.4 cm³/mol. The summed E-state index contributed by atoms with van der Waals surface area (Å²) < 4.78 is 4.44. The number of ether oxygens (including phenoxy) is 1. The predicted octanol–water partition coefficient (Wildman–Crippen LogP) is 2.14. The number of esters is 1. The lowest BCUT2D eigenvalue weighted by atomic mass is 10.2. The molecule has 0 aliphatic heterocycles. The van der Waals surface area contributed by atoms with Crippen LogP contribution in [0.15, 0.2) is 17.5 Å². The summed E-state index contributed by atoms with van der Waals surface area (Å²) in [4.78, 5) is 22.6. The maximum Gasteiger partial charge on any atom is 0.330 e. The Morgan fingerprint density at radius 3 is 2.79 bits per heavy atom. The number of ketones is 1. The van der Waals surface area contributed by atoms with Crippen LogP contribution in [0.2, 0.25) is 0 Å². The SMILES string of the molecule is COC(=O)/C=C/c1ccsc1C(C)=O. The lowest BCUT2D eigenvalue weighted by Crippen LogP contribution is -1.94. The number of hydrogen-bond donors (Lipinski definition) is 0. The zero-order chi connectivity index (χ0) is 10.6. The Labute approximate surface area is 86.0 Å². The molecule has 0 N–H and O–H groups in total. The number of thiophene rings is 1. The summed E-state index contributed by atoms with van der Waals surface area (Å²) in [7, 11) is 1.31. The van der Waals surface area contributed by atoms with E-state index in [4.69, 9.17) is 0 Å². The third-order valence-electron chi connectivity index (χ3n) is 1.62. The van der Waals surface area contributed by atoms with Crippen LogP contribution in [-0.4, -0.2) is 18.9 Å². The maximum absolute atomic E-state index is 11.1. The van der Waals surface area contributed by atoms with E-state index in [0.717, 1.165) is 5.56 Å². The zero-order valence-electron chi connectivity index (χ0n) is 7.94. The first kappa shape index (κ1) is 10.7. The standard InChI is InChI=1S/C10H10O3S/c1-7(11)10-8(5-6-14-10)3-4-9(12)13-2/h3-6H,1-2H3/b4-3+. The molecule has 0 atom stereocenters. The minimum absolute atomic E-state index is 0.00418. The number of methoxy groups -OCH3 is 1. The highest BCUT2D eigenvalue weighted by molar-refractivity contribution is 7.12. The van der Waals surface area contributed by atoms with Crippen LogP contribution in [-0.2, 0) is 9.53 Å². The highest BCUT2D eigenvalue weighted by Crippen LogP contribution is 2.18. The van der Waals surface area contributed by atoms with Crippen molar-refractivity contribution in [2.24, 2.45) is 0 Å². The monoisotopic (exact) mass is 210 g/mol. The van der Waals surface area contributed by atoms with Crippen LogP contribution in [0.4, 0.5) is 0 Å². The Kier molecular flexibility index (Phi) is 3.59. The number of carbonyl (C=O) groups excluding carboxylic acids is 2. The molecule has 0 spiro atoms. The summed E-state index contributed by atoms with van der Waals surface area (Å²) in [6, 6.07) is 1.79. The van der Waals surface area contributed by atoms with Crippen LogP contribution < -0.4 is 0 Å². The van der Waals surface area contributed by atoms with E-state index in [1.54, 1.807) is 12.1 Å². The van der Waals surface area contributed by atoms with Crippen LogP contribution in [0, 0.1) is 0 Å². The van der Waals surface area contributed by atoms with Crippen LogP contribution in [0.1, 0.15) is 22.2 Å². The average molecular weight is 210 g/mol. The van der Waals surface area contributed by atoms with Crippen molar-refractivity contribution in [3.63, 3.8) is 0 Å². The highest BCUT2D eigenvalue weighted by Gasteiger charge is 2.06. The number of rotatable bonds is 3. The molecule has 0 saturated carbocycles. The summed E-state index contributed by atoms with van der Waals surface area (Å²) >= 11 is 1.36. The van der Waals surface area contributed by atoms with Crippen molar-refractivity contribution in [1.29, 1.82) is 0 Å². The molecule has 0 saturated heterocycles. The second-order valence-corrected chi connectivity index (χ2v) is 3.53. The van der Waals surface area contributed by atoms with Gasteiger partial charge < -0.3 is 4.74 Å². The van der Waals surface area contributed by atoms with E-state index in [0.29, 0.717) is 4.88 Å². The maximum atomic E-state index is 11.1. The molecule has 0 unspecified atom stereocenters. The number of hydrogen-bond acceptors (Lipinski definition) is 4. The third-order valence-corrected chi connectivity index (χ3v) is 2.65. The Morgan fingerprint density at radius 2 is 2.21 bits per heavy atom. The molecule has 0 aromatic carbocycles. The zero-order valence-corrected chi connectivity index (χ0v) is 8.76. The van der Waals surface area contributed by atoms with Gasteiger partial charge in [0.25, 0.3) is 0 Å². The van der Waals surface area contributed by atoms with Gasteiger partial charge in [0.1, 0.15) is 0 Å². The van der Waals surface area contributed by atoms with Gasteiger partial charge in [0, 0.05) is 6.08 Å². The largest absolute Gasteiger partial charge is 0.466 e. The van der Waals surface area contributed by atoms with Crippen molar-refractivity contribution in [3.05, 3.63) is 28.0 Å². The molecule has 3 nitrogen and oxygen atoms in total. The topological polar surface area (TPSA) is 43.4 Å². The fourth-order valence-electron chi connectivity index (χ4n) is 0.962. The first-order valence-electron chi connectivity index (χ1n) is 3.99. The number of carbonyl (C=O) groups is 2. The first-order valence-corrected chi connectivity index (χ1v) is 4.87. The van der Waals surface area contributed by atoms with Gasteiger partial charge in [0.05, 0.1) is 12.0 Å². The molecule has 1 heterocycles. The van der Waals surface area contributed by atoms with E-state index < -0.39 is 5.97 Å². The first-order chi connectivity index (χ1) is 6.65. The highest BCUT2D eigenvalue weighted by atomic mass is 32.1. The lowest BCUT2D eigenvalue weighted by molar-refractivity contribution is -0.134. The fourth-order valence-corrected chi connectivity index (χ4v) is 1.75. The summed E-state index contributed by atoms with van der Waals surface area (Å²) in [5.74, 6) is -0.421. The van der Waals surface area contributed by atoms with Crippen LogP contribution >= 0.6 is 11.3 Å². The molecular formula is C10H10O3S. The Balaban J connectivity index is 2.86. The molecule has 4 heteroatoms. The van der Waals surface area contributed by atoms with E-state index in [9.17, 15) is 9.59 Å². The van der Waals surface area contributed by atoms with E-state index in [-0.39, 0.29) is 5.78 Å². The second-order valence-electron chi connectivity index (χ2n) is 2.62. The van der Waals surface area contributed by atoms with Gasteiger partial charge in [-0.15, -0.1) is 11.3 Å². The molecule has 74 valence electrons. The molecule has 14 heavy (non-hydrogen) atoms. The number of Topliss-reactive ketones (excluding diaryl/α,β-unsaturated/α-hetero) is 1. The molecule has 1 rings (SSSR count). The normalized spacial score (nSPS) is 10.4. The van der Waals surface area contributed by atoms with Gasteiger partial charge in [-0.2, -0.15) is 0 Å². The van der Waals surface area contributed by atoms with Gasteiger partial charge in [0.2, 0.25) is 0 Å². The lowest BCUT2D eigenvalue weighted by Gasteiger charge is -1.92. The summed E-state index contributed by atoms with van der Waals surface area (Å²) in [6.07, 6.45) is 2.88. The molecule has 0 bridgehead atoms. The van der Waals surface area contributed by atoms with Crippen molar-refractivity contribution in [3.8, 4) is 0 Å². The van der Waals surface area contributed by atoms with E-state index >= 15 is 0 Å². The minimum atomic E-state index is -0.425. The molecule has 0 amide bonds. The molecule has 0 aliphatic rings. The fraction of sp³-hybridized carbons (Fsp3) is 0.200. The minimum Gasteiger partial charge on any atom is -0.466 e. The van der Waals surface area contributed by atoms with Crippen molar-refractivity contribution in [1.82, 2.24) is 0 Å². The van der Waals surface area contributed by atoms with Gasteiger partial charge in [0.15, 0.2) is 5.78 Å². The van der Waals surface area contributed by atoms with Gasteiger partial charge in [-0.1, -0.05) is 0 Å². The van der Waals surface area contributed by atoms with Gasteiger partial charge >= 0.3 is 5.97 Å². The second kappa shape index (κ2) is 4.72.